The molecular formula is C36H42O19. The average Bonchev–Trinajstić information content (AvgIpc) is 3.73. The third-order valence-corrected chi connectivity index (χ3v) is 10.0. The number of carbonyl (C=O) groups excluding carboxylic acids is 3. The molecule has 0 amide bonds. The highest BCUT2D eigenvalue weighted by Crippen LogP contribution is 2.51. The summed E-state index contributed by atoms with van der Waals surface area (Å²) in [5.74, 6) is -4.10. The smallest absolute Gasteiger partial charge is 0.338 e. The maximum absolute atomic E-state index is 13.3. The summed E-state index contributed by atoms with van der Waals surface area (Å²) < 4.78 is 44.3. The van der Waals surface area contributed by atoms with Gasteiger partial charge in [-0.3, -0.25) is 0 Å². The van der Waals surface area contributed by atoms with Gasteiger partial charge >= 0.3 is 17.9 Å². The number of fused-ring (bicyclic) bond motifs is 2. The maximum Gasteiger partial charge on any atom is 0.338 e. The van der Waals surface area contributed by atoms with E-state index < -0.39 is 122 Å². The van der Waals surface area contributed by atoms with Gasteiger partial charge in [0.1, 0.15) is 60.7 Å². The number of hydrogen-bond acceptors (Lipinski definition) is 19. The molecule has 19 nitrogen and oxygen atoms in total. The van der Waals surface area contributed by atoms with Crippen molar-refractivity contribution in [2.75, 3.05) is 20.3 Å². The number of esters is 3. The van der Waals surface area contributed by atoms with Crippen molar-refractivity contribution < 1.29 is 93.1 Å². The Morgan fingerprint density at radius 1 is 0.873 bits per heavy atom. The van der Waals surface area contributed by atoms with Gasteiger partial charge in [-0.05, 0) is 42.8 Å². The lowest BCUT2D eigenvalue weighted by atomic mass is 9.78. The molecule has 8 N–H and O–H groups in total. The first kappa shape index (κ1) is 40.4. The first-order valence-electron chi connectivity index (χ1n) is 17.2. The molecule has 0 bridgehead atoms. The second-order valence-electron chi connectivity index (χ2n) is 13.5. The van der Waals surface area contributed by atoms with Crippen molar-refractivity contribution in [2.24, 2.45) is 11.8 Å². The van der Waals surface area contributed by atoms with Crippen LogP contribution >= 0.6 is 0 Å². The second-order valence-corrected chi connectivity index (χ2v) is 13.5. The fourth-order valence-corrected chi connectivity index (χ4v) is 6.96. The van der Waals surface area contributed by atoms with Crippen LogP contribution in [0, 0.1) is 11.8 Å². The Morgan fingerprint density at radius 3 is 2.11 bits per heavy atom. The van der Waals surface area contributed by atoms with Crippen LogP contribution in [0.15, 0.2) is 66.0 Å². The van der Waals surface area contributed by atoms with Crippen molar-refractivity contribution in [1.82, 2.24) is 0 Å². The van der Waals surface area contributed by atoms with Crippen molar-refractivity contribution in [3.63, 3.8) is 0 Å². The molecule has 1 aromatic rings. The minimum atomic E-state index is -1.79. The van der Waals surface area contributed by atoms with Gasteiger partial charge in [0, 0.05) is 12.0 Å². The minimum Gasteiger partial charge on any atom is -0.471 e. The summed E-state index contributed by atoms with van der Waals surface area (Å²) in [7, 11) is 1.17. The van der Waals surface area contributed by atoms with Crippen LogP contribution in [0.2, 0.25) is 0 Å². The molecule has 300 valence electrons. The third-order valence-electron chi connectivity index (χ3n) is 10.0. The van der Waals surface area contributed by atoms with E-state index in [1.807, 2.05) is 0 Å². The third kappa shape index (κ3) is 7.91. The molecule has 5 aliphatic rings. The zero-order valence-electron chi connectivity index (χ0n) is 29.3. The molecule has 1 unspecified atom stereocenters. The molecule has 0 saturated carbocycles. The lowest BCUT2D eigenvalue weighted by Crippen LogP contribution is -2.60. The Hall–Kier alpha value is -4.25. The first-order chi connectivity index (χ1) is 26.2. The highest BCUT2D eigenvalue weighted by Gasteiger charge is 2.60. The number of aliphatic hydroxyl groups is 8. The van der Waals surface area contributed by atoms with Gasteiger partial charge in [0.05, 0.1) is 43.6 Å². The Kier molecular flexibility index (Phi) is 12.1. The number of ether oxygens (including phenoxy) is 8. The van der Waals surface area contributed by atoms with E-state index in [1.165, 1.54) is 44.4 Å². The van der Waals surface area contributed by atoms with Crippen LogP contribution in [0.5, 0.6) is 5.75 Å². The summed E-state index contributed by atoms with van der Waals surface area (Å²) in [5.41, 5.74) is -1.12. The molecule has 4 heterocycles. The highest BCUT2D eigenvalue weighted by atomic mass is 16.8. The lowest BCUT2D eigenvalue weighted by molar-refractivity contribution is -0.344. The van der Waals surface area contributed by atoms with E-state index in [2.05, 4.69) is 0 Å². The Labute approximate surface area is 312 Å². The number of methoxy groups -OCH3 is 1. The largest absolute Gasteiger partial charge is 0.471 e. The Morgan fingerprint density at radius 2 is 1.49 bits per heavy atom. The van der Waals surface area contributed by atoms with Gasteiger partial charge in [-0.1, -0.05) is 18.2 Å². The van der Waals surface area contributed by atoms with E-state index in [4.69, 9.17) is 37.9 Å². The molecule has 15 atom stereocenters. The molecule has 1 spiro atoms. The minimum absolute atomic E-state index is 0.0465. The average molecular weight is 779 g/mol. The highest BCUT2D eigenvalue weighted by molar-refractivity contribution is 5.95. The molecule has 0 radical (unpaired) electrons. The number of rotatable bonds is 11. The summed E-state index contributed by atoms with van der Waals surface area (Å²) in [5, 5.41) is 80.2. The Balaban J connectivity index is 1.13. The number of aliphatic hydroxyl groups excluding tert-OH is 8. The van der Waals surface area contributed by atoms with Crippen LogP contribution in [-0.2, 0) is 47.5 Å². The van der Waals surface area contributed by atoms with Gasteiger partial charge in [0.15, 0.2) is 11.9 Å². The molecule has 4 aliphatic heterocycles. The van der Waals surface area contributed by atoms with Gasteiger partial charge in [-0.2, -0.15) is 0 Å². The zero-order chi connectivity index (χ0) is 39.8. The molecule has 2 fully saturated rings. The number of hydrogen-bond donors (Lipinski definition) is 8. The van der Waals surface area contributed by atoms with Crippen LogP contribution in [-0.4, -0.2) is 158 Å². The van der Waals surface area contributed by atoms with Crippen LogP contribution in [0.1, 0.15) is 12.5 Å². The van der Waals surface area contributed by atoms with E-state index in [-0.39, 0.29) is 16.9 Å². The Bertz CT molecular complexity index is 1700. The van der Waals surface area contributed by atoms with Crippen molar-refractivity contribution in [1.29, 1.82) is 0 Å². The first-order valence-corrected chi connectivity index (χ1v) is 17.2. The van der Waals surface area contributed by atoms with Gasteiger partial charge in [0.25, 0.3) is 0 Å². The topological polar surface area (TPSA) is 287 Å². The van der Waals surface area contributed by atoms with Gasteiger partial charge in [-0.25, -0.2) is 14.4 Å². The summed E-state index contributed by atoms with van der Waals surface area (Å²) in [6.07, 6.45) is -9.86. The second kappa shape index (κ2) is 16.5. The van der Waals surface area contributed by atoms with Crippen LogP contribution in [0.4, 0.5) is 0 Å². The van der Waals surface area contributed by atoms with E-state index >= 15 is 0 Å². The molecule has 1 aliphatic carbocycles. The van der Waals surface area contributed by atoms with E-state index in [9.17, 15) is 55.2 Å². The monoisotopic (exact) mass is 778 g/mol. The quantitative estimate of drug-likeness (QED) is 0.0483. The molecule has 55 heavy (non-hydrogen) atoms. The van der Waals surface area contributed by atoms with Gasteiger partial charge < -0.3 is 78.7 Å². The van der Waals surface area contributed by atoms with Crippen molar-refractivity contribution in [2.45, 2.75) is 86.3 Å². The SMILES string of the molecule is COC(=O)C1=CO[C@@H](O[C@@H]2O[C@H](CO)[C@@H](O)[C@H](O)[C@H]2O)C2[C@@H]1C=C[C@@]21C=C([C@H](C)OC(=O)C=Cc2ccc(O[C@@H]3O[C@H](CO)[C@@H](O)[C@H](O)[C@H]3O)cc2)C(=O)O1. The van der Waals surface area contributed by atoms with Gasteiger partial charge in [0.2, 0.25) is 12.6 Å². The van der Waals surface area contributed by atoms with Crippen LogP contribution < -0.4 is 4.74 Å². The molecule has 19 heteroatoms. The number of benzene rings is 1. The molecule has 1 aromatic carbocycles. The van der Waals surface area contributed by atoms with E-state index in [1.54, 1.807) is 18.2 Å². The fraction of sp³-hybridized carbons (Fsp3) is 0.528. The molecule has 6 rings (SSSR count). The van der Waals surface area contributed by atoms with Crippen LogP contribution in [0.25, 0.3) is 6.08 Å². The van der Waals surface area contributed by atoms with Gasteiger partial charge in [-0.15, -0.1) is 0 Å². The summed E-state index contributed by atoms with van der Waals surface area (Å²) >= 11 is 0. The lowest BCUT2D eigenvalue weighted by Gasteiger charge is -2.44. The molecule has 2 saturated heterocycles. The standard InChI is InChI=1S/C36H42O19/c1-15(50-23(39)8-5-16-3-6-17(7-4-16)51-34-29(44)27(42)25(40)21(12-37)52-34)19-11-36(55-32(19)47)10-9-18-20(31(46)48-2)14-49-33(24(18)36)54-35-30(45)28(43)26(41)22(13-38)53-35/h3-11,14-15,18,21-22,24-30,33-35,37-38,40-45H,12-13H2,1-2H3/t15-,18+,21+,22+,24?,25+,26+,27-,28-,29+,30+,33-,34+,35-,36+/m0/s1. The summed E-state index contributed by atoms with van der Waals surface area (Å²) in [6.45, 7) is 0.110. The van der Waals surface area contributed by atoms with Crippen molar-refractivity contribution in [3.8, 4) is 5.75 Å². The molecular weight excluding hydrogens is 736 g/mol. The summed E-state index contributed by atoms with van der Waals surface area (Å²) in [4.78, 5) is 38.8. The predicted octanol–water partition coefficient (Wildman–Crippen LogP) is -2.94. The normalized spacial score (nSPS) is 38.8. The number of carbonyl (C=O) groups is 3. The molecule has 0 aromatic heterocycles. The summed E-state index contributed by atoms with van der Waals surface area (Å²) in [6, 6.07) is 6.09. The van der Waals surface area contributed by atoms with Crippen molar-refractivity contribution >= 4 is 24.0 Å². The van der Waals surface area contributed by atoms with E-state index in [0.29, 0.717) is 5.56 Å². The fourth-order valence-electron chi connectivity index (χ4n) is 6.96. The van der Waals surface area contributed by atoms with Crippen LogP contribution in [0.3, 0.4) is 0 Å². The maximum atomic E-state index is 13.3. The van der Waals surface area contributed by atoms with Crippen molar-refractivity contribution in [3.05, 3.63) is 71.5 Å². The van der Waals surface area contributed by atoms with E-state index in [0.717, 1.165) is 12.3 Å². The predicted molar refractivity (Wildman–Crippen MR) is 178 cm³/mol. The zero-order valence-corrected chi connectivity index (χ0v) is 29.3. The number of allylic oxidation sites excluding steroid dienone is 1.